The van der Waals surface area contributed by atoms with E-state index in [1.165, 1.54) is 64.2 Å². The van der Waals surface area contributed by atoms with Gasteiger partial charge in [0, 0.05) is 27.3 Å². The molecule has 17 heavy (non-hydrogen) atoms. The van der Waals surface area contributed by atoms with E-state index in [0.29, 0.717) is 0 Å². The maximum Gasteiger partial charge on any atom is 0.111 e. The van der Waals surface area contributed by atoms with Gasteiger partial charge >= 0.3 is 0 Å². The number of hydrogen-bond donors (Lipinski definition) is 2. The van der Waals surface area contributed by atoms with Crippen molar-refractivity contribution in [3.8, 4) is 0 Å². The van der Waals surface area contributed by atoms with E-state index in [9.17, 15) is 0 Å². The molecular formula is C13H25CdNS2. The van der Waals surface area contributed by atoms with Crippen LogP contribution in [0.25, 0.3) is 0 Å². The minimum Gasteiger partial charge on any atom is -0.386 e. The fraction of sp³-hybridized carbons (Fsp3) is 0.923. The number of thiol groups is 1. The van der Waals surface area contributed by atoms with Gasteiger partial charge in [-0.25, -0.2) is 0 Å². The first-order valence-corrected chi connectivity index (χ1v) is 8.75. The second kappa shape index (κ2) is 8.36. The van der Waals surface area contributed by atoms with Crippen molar-refractivity contribution in [1.29, 1.82) is 0 Å². The largest absolute Gasteiger partial charge is 0.386 e. The average Bonchev–Trinajstić information content (AvgIpc) is 2.31. The predicted octanol–water partition coefficient (Wildman–Crippen LogP) is 3.89. The molecule has 0 aromatic heterocycles. The third-order valence-electron chi connectivity index (χ3n) is 4.19. The third-order valence-corrected chi connectivity index (χ3v) is 7.94. The van der Waals surface area contributed by atoms with E-state index >= 15 is 0 Å². The van der Waals surface area contributed by atoms with Crippen LogP contribution >= 0.6 is 23.1 Å². The first kappa shape index (κ1) is 16.2. The summed E-state index contributed by atoms with van der Waals surface area (Å²) in [5.74, 6) is 0. The smallest absolute Gasteiger partial charge is 0.111 e. The molecule has 0 aromatic carbocycles. The van der Waals surface area contributed by atoms with E-state index in [-0.39, 0.29) is 38.2 Å². The summed E-state index contributed by atoms with van der Waals surface area (Å²) in [7, 11) is -0.147. The second-order valence-electron chi connectivity index (χ2n) is 5.33. The van der Waals surface area contributed by atoms with Gasteiger partial charge in [-0.05, 0) is 36.2 Å². The molecule has 2 aliphatic rings. The van der Waals surface area contributed by atoms with E-state index in [1.54, 1.807) is 0 Å². The summed E-state index contributed by atoms with van der Waals surface area (Å²) in [6, 6.07) is 0. The molecule has 0 bridgehead atoms. The predicted molar refractivity (Wildman–Crippen MR) is 79.5 cm³/mol. The van der Waals surface area contributed by atoms with Crippen molar-refractivity contribution in [3.63, 3.8) is 0 Å². The van der Waals surface area contributed by atoms with Gasteiger partial charge < -0.3 is 5.73 Å². The monoisotopic (exact) mass is 373 g/mol. The Morgan fingerprint density at radius 3 is 1.47 bits per heavy atom. The Balaban J connectivity index is 0.00000144. The standard InChI is InChI=1S/C13H25NS2.Cd/c14-13(15)16(11-7-3-1-4-8-11)12-9-5-2-6-10-12;/h11-12,16H,1-10H2,(H2,14,15);. The SMILES string of the molecule is NC(=S)[SH](C1CCCCC1)C1CCCCC1.[Cd]. The maximum absolute atomic E-state index is 6.06. The third kappa shape index (κ3) is 4.64. The molecule has 2 aliphatic carbocycles. The summed E-state index contributed by atoms with van der Waals surface area (Å²) >= 11 is 5.39. The molecule has 0 aliphatic heterocycles. The Labute approximate surface area is 134 Å². The normalized spacial score (nSPS) is 23.9. The van der Waals surface area contributed by atoms with Gasteiger partial charge in [-0.15, -0.1) is 0 Å². The molecule has 2 N–H and O–H groups in total. The fourth-order valence-electron chi connectivity index (χ4n) is 3.38. The molecule has 1 nitrogen and oxygen atoms in total. The van der Waals surface area contributed by atoms with Crippen molar-refractivity contribution < 1.29 is 27.3 Å². The first-order chi connectivity index (χ1) is 7.79. The van der Waals surface area contributed by atoms with Gasteiger partial charge in [-0.2, -0.15) is 10.9 Å². The quantitative estimate of drug-likeness (QED) is 0.437. The topological polar surface area (TPSA) is 26.0 Å². The summed E-state index contributed by atoms with van der Waals surface area (Å²) in [6.45, 7) is 0. The Morgan fingerprint density at radius 2 is 1.18 bits per heavy atom. The molecule has 0 radical (unpaired) electrons. The van der Waals surface area contributed by atoms with Gasteiger partial charge in [0.05, 0.1) is 0 Å². The zero-order valence-electron chi connectivity index (χ0n) is 10.9. The Kier molecular flexibility index (Phi) is 7.97. The molecule has 0 heterocycles. The van der Waals surface area contributed by atoms with Crippen LogP contribution in [0.1, 0.15) is 64.2 Å². The van der Waals surface area contributed by atoms with Crippen LogP contribution in [0.4, 0.5) is 0 Å². The first-order valence-electron chi connectivity index (χ1n) is 6.87. The van der Waals surface area contributed by atoms with Crippen molar-refractivity contribution in [1.82, 2.24) is 0 Å². The molecule has 0 aromatic rings. The summed E-state index contributed by atoms with van der Waals surface area (Å²) in [5.41, 5.74) is 6.06. The number of thiocarbonyl (C=S) groups is 1. The van der Waals surface area contributed by atoms with Crippen LogP contribution in [0.2, 0.25) is 0 Å². The van der Waals surface area contributed by atoms with E-state index in [0.717, 1.165) is 14.8 Å². The van der Waals surface area contributed by atoms with E-state index in [2.05, 4.69) is 0 Å². The number of nitrogens with two attached hydrogens (primary N) is 1. The molecule has 2 fully saturated rings. The molecule has 0 amide bonds. The molecule has 0 spiro atoms. The van der Waals surface area contributed by atoms with Crippen molar-refractivity contribution in [2.24, 2.45) is 5.73 Å². The van der Waals surface area contributed by atoms with Crippen LogP contribution < -0.4 is 5.73 Å². The summed E-state index contributed by atoms with van der Waals surface area (Å²) in [6.07, 6.45) is 14.1. The Hall–Kier alpha value is 1.16. The van der Waals surface area contributed by atoms with E-state index in [1.807, 2.05) is 0 Å². The molecular weight excluding hydrogens is 347 g/mol. The summed E-state index contributed by atoms with van der Waals surface area (Å²) in [5, 5.41) is 1.76. The van der Waals surface area contributed by atoms with Crippen LogP contribution in [0.15, 0.2) is 0 Å². The molecule has 0 atom stereocenters. The van der Waals surface area contributed by atoms with Crippen molar-refractivity contribution in [2.75, 3.05) is 0 Å². The Bertz CT molecular complexity index is 218. The van der Waals surface area contributed by atoms with Crippen LogP contribution in [-0.4, -0.2) is 14.8 Å². The van der Waals surface area contributed by atoms with Crippen molar-refractivity contribution in [3.05, 3.63) is 0 Å². The number of rotatable bonds is 2. The van der Waals surface area contributed by atoms with Gasteiger partial charge in [0.1, 0.15) is 4.32 Å². The molecule has 4 heteroatoms. The summed E-state index contributed by atoms with van der Waals surface area (Å²) in [4.78, 5) is 0. The number of hydrogen-bond acceptors (Lipinski definition) is 1. The Morgan fingerprint density at radius 1 is 0.824 bits per heavy atom. The van der Waals surface area contributed by atoms with Crippen molar-refractivity contribution >= 4 is 27.4 Å². The molecule has 96 valence electrons. The van der Waals surface area contributed by atoms with E-state index in [4.69, 9.17) is 18.0 Å². The van der Waals surface area contributed by atoms with Gasteiger partial charge in [0.25, 0.3) is 0 Å². The van der Waals surface area contributed by atoms with Crippen LogP contribution in [-0.2, 0) is 27.3 Å². The minimum atomic E-state index is -0.147. The fourth-order valence-corrected chi connectivity index (χ4v) is 7.43. The molecule has 0 unspecified atom stereocenters. The van der Waals surface area contributed by atoms with Crippen LogP contribution in [0.3, 0.4) is 0 Å². The summed E-state index contributed by atoms with van der Waals surface area (Å²) < 4.78 is 0.883. The minimum absolute atomic E-state index is 0. The van der Waals surface area contributed by atoms with Gasteiger partial charge in [-0.3, -0.25) is 0 Å². The van der Waals surface area contributed by atoms with Crippen LogP contribution in [0.5, 0.6) is 0 Å². The molecule has 0 saturated heterocycles. The average molecular weight is 372 g/mol. The molecule has 2 saturated carbocycles. The maximum atomic E-state index is 6.06. The van der Waals surface area contributed by atoms with Gasteiger partial charge in [0.15, 0.2) is 0 Å². The second-order valence-corrected chi connectivity index (χ2v) is 8.83. The van der Waals surface area contributed by atoms with Gasteiger partial charge in [-0.1, -0.05) is 50.7 Å². The molecule has 2 rings (SSSR count). The van der Waals surface area contributed by atoms with E-state index < -0.39 is 0 Å². The zero-order valence-corrected chi connectivity index (χ0v) is 16.6. The van der Waals surface area contributed by atoms with Crippen LogP contribution in [0, 0.1) is 0 Å². The van der Waals surface area contributed by atoms with Crippen molar-refractivity contribution in [2.45, 2.75) is 74.7 Å². The zero-order chi connectivity index (χ0) is 11.4. The van der Waals surface area contributed by atoms with Gasteiger partial charge in [0.2, 0.25) is 0 Å².